The van der Waals surface area contributed by atoms with E-state index < -0.39 is 11.6 Å². The number of piperidine rings is 1. The summed E-state index contributed by atoms with van der Waals surface area (Å²) in [6.07, 6.45) is 4.35. The van der Waals surface area contributed by atoms with Gasteiger partial charge < -0.3 is 15.2 Å². The lowest BCUT2D eigenvalue weighted by atomic mass is 9.90. The summed E-state index contributed by atoms with van der Waals surface area (Å²) in [6, 6.07) is 7.62. The first-order valence-corrected chi connectivity index (χ1v) is 8.49. The average molecular weight is 342 g/mol. The van der Waals surface area contributed by atoms with Gasteiger partial charge in [0, 0.05) is 23.3 Å². The molecule has 4 rings (SSSR count). The number of aromatic nitrogens is 2. The first-order chi connectivity index (χ1) is 12.1. The molecule has 1 fully saturated rings. The number of anilines is 2. The molecule has 130 valence electrons. The van der Waals surface area contributed by atoms with Crippen molar-refractivity contribution >= 4 is 22.5 Å². The number of nitrogens with one attached hydrogen (secondary N) is 2. The highest BCUT2D eigenvalue weighted by atomic mass is 19.2. The van der Waals surface area contributed by atoms with Gasteiger partial charge in [-0.15, -0.1) is 0 Å². The van der Waals surface area contributed by atoms with E-state index in [2.05, 4.69) is 33.4 Å². The van der Waals surface area contributed by atoms with Crippen LogP contribution in [0.4, 0.5) is 20.3 Å². The molecule has 0 aliphatic carbocycles. The summed E-state index contributed by atoms with van der Waals surface area (Å²) in [5.41, 5.74) is 2.59. The number of fused-ring (bicyclic) bond motifs is 1. The maximum Gasteiger partial charge on any atom is 0.160 e. The van der Waals surface area contributed by atoms with E-state index in [-0.39, 0.29) is 0 Å². The normalized spacial score (nSPS) is 16.4. The number of nitrogens with zero attached hydrogens (tertiary/aromatic N) is 2. The second kappa shape index (κ2) is 6.44. The predicted octanol–water partition coefficient (Wildman–Crippen LogP) is 4.39. The number of likely N-dealkylation sites (tertiary alicyclic amines) is 1. The zero-order valence-electron chi connectivity index (χ0n) is 14.0. The molecule has 3 aromatic rings. The summed E-state index contributed by atoms with van der Waals surface area (Å²) in [4.78, 5) is 10.2. The minimum absolute atomic E-state index is 0.466. The third-order valence-electron chi connectivity index (χ3n) is 4.92. The first-order valence-electron chi connectivity index (χ1n) is 8.49. The molecule has 1 aliphatic heterocycles. The molecule has 0 unspecified atom stereocenters. The molecule has 25 heavy (non-hydrogen) atoms. The van der Waals surface area contributed by atoms with Crippen molar-refractivity contribution in [2.45, 2.75) is 18.8 Å². The van der Waals surface area contributed by atoms with Crippen molar-refractivity contribution < 1.29 is 8.78 Å². The summed E-state index contributed by atoms with van der Waals surface area (Å²) in [7, 11) is 2.16. The number of aromatic amines is 1. The predicted molar refractivity (Wildman–Crippen MR) is 95.2 cm³/mol. The van der Waals surface area contributed by atoms with Gasteiger partial charge in [0.15, 0.2) is 11.6 Å². The Balaban J connectivity index is 1.58. The van der Waals surface area contributed by atoms with Crippen LogP contribution in [0.15, 0.2) is 36.5 Å². The van der Waals surface area contributed by atoms with Crippen LogP contribution in [0.25, 0.3) is 11.0 Å². The fourth-order valence-corrected chi connectivity index (χ4v) is 3.47. The van der Waals surface area contributed by atoms with Crippen molar-refractivity contribution in [1.29, 1.82) is 0 Å². The molecule has 1 aromatic carbocycles. The lowest BCUT2D eigenvalue weighted by Crippen LogP contribution is -2.29. The molecule has 6 heteroatoms. The third-order valence-corrected chi connectivity index (χ3v) is 4.92. The maximum absolute atomic E-state index is 13.3. The van der Waals surface area contributed by atoms with Crippen molar-refractivity contribution in [2.75, 3.05) is 25.5 Å². The van der Waals surface area contributed by atoms with E-state index in [1.807, 2.05) is 12.1 Å². The number of H-pyrrole nitrogens is 1. The fourth-order valence-electron chi connectivity index (χ4n) is 3.47. The molecule has 0 spiro atoms. The van der Waals surface area contributed by atoms with E-state index in [0.717, 1.165) is 49.1 Å². The van der Waals surface area contributed by atoms with Crippen LogP contribution in [0, 0.1) is 11.6 Å². The van der Waals surface area contributed by atoms with Crippen LogP contribution in [0.3, 0.4) is 0 Å². The average Bonchev–Trinajstić information content (AvgIpc) is 3.02. The molecule has 2 N–H and O–H groups in total. The molecule has 4 nitrogen and oxygen atoms in total. The molecule has 0 atom stereocenters. The minimum atomic E-state index is -0.879. The zero-order chi connectivity index (χ0) is 17.4. The minimum Gasteiger partial charge on any atom is -0.346 e. The lowest BCUT2D eigenvalue weighted by molar-refractivity contribution is 0.256. The van der Waals surface area contributed by atoms with Gasteiger partial charge in [-0.25, -0.2) is 13.8 Å². The van der Waals surface area contributed by atoms with E-state index in [4.69, 9.17) is 0 Å². The van der Waals surface area contributed by atoms with Gasteiger partial charge in [0.2, 0.25) is 0 Å². The number of halogens is 2. The van der Waals surface area contributed by atoms with Crippen molar-refractivity contribution in [2.24, 2.45) is 0 Å². The van der Waals surface area contributed by atoms with E-state index in [0.29, 0.717) is 17.4 Å². The van der Waals surface area contributed by atoms with Crippen molar-refractivity contribution in [3.63, 3.8) is 0 Å². The summed E-state index contributed by atoms with van der Waals surface area (Å²) < 4.78 is 26.3. The van der Waals surface area contributed by atoms with E-state index in [1.165, 1.54) is 11.6 Å². The molecule has 1 saturated heterocycles. The van der Waals surface area contributed by atoms with Gasteiger partial charge in [-0.2, -0.15) is 0 Å². The van der Waals surface area contributed by atoms with Crippen LogP contribution in [0.2, 0.25) is 0 Å². The largest absolute Gasteiger partial charge is 0.346 e. The zero-order valence-corrected chi connectivity index (χ0v) is 14.0. The monoisotopic (exact) mass is 342 g/mol. The van der Waals surface area contributed by atoms with E-state index >= 15 is 0 Å². The highest BCUT2D eigenvalue weighted by molar-refractivity contribution is 5.82. The molecule has 0 amide bonds. The molecular weight excluding hydrogens is 322 g/mol. The highest BCUT2D eigenvalue weighted by Gasteiger charge is 2.21. The van der Waals surface area contributed by atoms with Crippen molar-refractivity contribution in [3.8, 4) is 0 Å². The van der Waals surface area contributed by atoms with Crippen molar-refractivity contribution in [3.05, 3.63) is 53.7 Å². The Morgan fingerprint density at radius 3 is 2.68 bits per heavy atom. The standard InChI is InChI=1S/C19H20F2N4/c1-25-8-6-12(7-9-25)15-11-22-19-14(15)3-5-18(24-19)23-13-2-4-16(20)17(21)10-13/h2-5,10-12H,6-9H2,1H3,(H2,22,23,24). The molecule has 0 radical (unpaired) electrons. The molecular formula is C19H20F2N4. The van der Waals surface area contributed by atoms with E-state index in [9.17, 15) is 8.78 Å². The van der Waals surface area contributed by atoms with Gasteiger partial charge in [-0.1, -0.05) is 0 Å². The van der Waals surface area contributed by atoms with Gasteiger partial charge >= 0.3 is 0 Å². The Morgan fingerprint density at radius 1 is 1.12 bits per heavy atom. The topological polar surface area (TPSA) is 44.0 Å². The van der Waals surface area contributed by atoms with Crippen LogP contribution in [0.5, 0.6) is 0 Å². The Labute approximate surface area is 144 Å². The maximum atomic E-state index is 13.3. The van der Waals surface area contributed by atoms with Crippen LogP contribution < -0.4 is 5.32 Å². The van der Waals surface area contributed by atoms with Crippen molar-refractivity contribution in [1.82, 2.24) is 14.9 Å². The number of pyridine rings is 1. The molecule has 0 bridgehead atoms. The Morgan fingerprint density at radius 2 is 1.92 bits per heavy atom. The highest BCUT2D eigenvalue weighted by Crippen LogP contribution is 2.33. The molecule has 3 heterocycles. The number of hydrogen-bond donors (Lipinski definition) is 2. The Bertz CT molecular complexity index is 898. The second-order valence-corrected chi connectivity index (χ2v) is 6.67. The van der Waals surface area contributed by atoms with Crippen LogP contribution in [0.1, 0.15) is 24.3 Å². The SMILES string of the molecule is CN1CCC(c2c[nH]c3nc(Nc4ccc(F)c(F)c4)ccc23)CC1. The lowest BCUT2D eigenvalue weighted by Gasteiger charge is -2.28. The van der Waals surface area contributed by atoms with Crippen LogP contribution in [-0.4, -0.2) is 35.0 Å². The summed E-state index contributed by atoms with van der Waals surface area (Å²) in [5.74, 6) is -0.594. The second-order valence-electron chi connectivity index (χ2n) is 6.67. The molecule has 2 aromatic heterocycles. The van der Waals surface area contributed by atoms with E-state index in [1.54, 1.807) is 0 Å². The quantitative estimate of drug-likeness (QED) is 0.742. The Hall–Kier alpha value is -2.47. The number of benzene rings is 1. The van der Waals surface area contributed by atoms with Gasteiger partial charge in [-0.05, 0) is 68.7 Å². The molecule has 0 saturated carbocycles. The van der Waals surface area contributed by atoms with Gasteiger partial charge in [0.05, 0.1) is 0 Å². The number of rotatable bonds is 3. The summed E-state index contributed by atoms with van der Waals surface area (Å²) in [6.45, 7) is 2.22. The third kappa shape index (κ3) is 3.22. The fraction of sp³-hybridized carbons (Fsp3) is 0.316. The van der Waals surface area contributed by atoms with Crippen LogP contribution in [-0.2, 0) is 0 Å². The van der Waals surface area contributed by atoms with Gasteiger partial charge in [-0.3, -0.25) is 0 Å². The van der Waals surface area contributed by atoms with Gasteiger partial charge in [0.25, 0.3) is 0 Å². The van der Waals surface area contributed by atoms with Crippen LogP contribution >= 0.6 is 0 Å². The first kappa shape index (κ1) is 16.0. The summed E-state index contributed by atoms with van der Waals surface area (Å²) >= 11 is 0. The van der Waals surface area contributed by atoms with Gasteiger partial charge in [0.1, 0.15) is 11.5 Å². The number of hydrogen-bond acceptors (Lipinski definition) is 3. The molecule has 1 aliphatic rings. The summed E-state index contributed by atoms with van der Waals surface area (Å²) in [5, 5.41) is 4.14. The smallest absolute Gasteiger partial charge is 0.160 e. The Kier molecular flexibility index (Phi) is 4.13.